The molecule has 2 rings (SSSR count). The average Bonchev–Trinajstić information content (AvgIpc) is 2.78. The van der Waals surface area contributed by atoms with E-state index in [9.17, 15) is 4.79 Å². The molecule has 2 saturated carbocycles. The molecule has 0 aromatic carbocycles. The topological polar surface area (TPSA) is 46.3 Å². The van der Waals surface area contributed by atoms with Gasteiger partial charge < -0.3 is 10.6 Å². The fourth-order valence-electron chi connectivity index (χ4n) is 3.46. The Hall–Kier alpha value is -0.570. The van der Waals surface area contributed by atoms with E-state index in [1.54, 1.807) is 0 Å². The fourth-order valence-corrected chi connectivity index (χ4v) is 3.46. The van der Waals surface area contributed by atoms with Crippen molar-refractivity contribution in [3.8, 4) is 0 Å². The highest BCUT2D eigenvalue weighted by molar-refractivity contribution is 5.79. The zero-order chi connectivity index (χ0) is 12.3. The molecule has 0 spiro atoms. The number of nitrogens with zero attached hydrogens (tertiary/aromatic N) is 1. The van der Waals surface area contributed by atoms with Crippen LogP contribution in [0.2, 0.25) is 0 Å². The molecule has 0 aliphatic heterocycles. The van der Waals surface area contributed by atoms with Crippen LogP contribution in [0.3, 0.4) is 0 Å². The summed E-state index contributed by atoms with van der Waals surface area (Å²) in [4.78, 5) is 14.6. The maximum absolute atomic E-state index is 12.5. The molecule has 98 valence electrons. The van der Waals surface area contributed by atoms with Crippen LogP contribution in [0.4, 0.5) is 0 Å². The quantitative estimate of drug-likeness (QED) is 0.820. The summed E-state index contributed by atoms with van der Waals surface area (Å²) in [6.45, 7) is 2.98. The molecule has 17 heavy (non-hydrogen) atoms. The Labute approximate surface area is 105 Å². The second-order valence-electron chi connectivity index (χ2n) is 5.69. The van der Waals surface area contributed by atoms with Gasteiger partial charge in [-0.3, -0.25) is 4.79 Å². The molecular weight excluding hydrogens is 212 g/mol. The normalized spacial score (nSPS) is 30.5. The van der Waals surface area contributed by atoms with Crippen LogP contribution < -0.4 is 5.73 Å². The lowest BCUT2D eigenvalue weighted by atomic mass is 9.93. The van der Waals surface area contributed by atoms with E-state index in [0.29, 0.717) is 11.9 Å². The molecule has 0 saturated heterocycles. The molecule has 2 N–H and O–H groups in total. The van der Waals surface area contributed by atoms with Gasteiger partial charge in [-0.15, -0.1) is 0 Å². The third-order valence-corrected chi connectivity index (χ3v) is 4.46. The fraction of sp³-hybridized carbons (Fsp3) is 0.929. The summed E-state index contributed by atoms with van der Waals surface area (Å²) in [5.74, 6) is 0.597. The first kappa shape index (κ1) is 12.9. The molecule has 0 aromatic rings. The van der Waals surface area contributed by atoms with Crippen molar-refractivity contribution in [2.75, 3.05) is 6.54 Å². The summed E-state index contributed by atoms with van der Waals surface area (Å²) in [5.41, 5.74) is 5.91. The van der Waals surface area contributed by atoms with E-state index in [1.165, 1.54) is 32.1 Å². The molecule has 3 heteroatoms. The van der Waals surface area contributed by atoms with Gasteiger partial charge in [0.15, 0.2) is 0 Å². The van der Waals surface area contributed by atoms with Crippen LogP contribution in [0.25, 0.3) is 0 Å². The molecular formula is C14H26N2O. The standard InChI is InChI=1S/C14H26N2O/c1-2-16(13-6-4-3-5-7-13)14(17)11-8-9-12(15)10-11/h11-13H,2-10,15H2,1H3. The molecule has 2 atom stereocenters. The Morgan fingerprint density at radius 1 is 1.18 bits per heavy atom. The van der Waals surface area contributed by atoms with E-state index in [0.717, 1.165) is 25.8 Å². The van der Waals surface area contributed by atoms with Crippen LogP contribution >= 0.6 is 0 Å². The van der Waals surface area contributed by atoms with Crippen LogP contribution in [-0.4, -0.2) is 29.4 Å². The lowest BCUT2D eigenvalue weighted by Gasteiger charge is -2.35. The van der Waals surface area contributed by atoms with Gasteiger partial charge in [0, 0.05) is 24.5 Å². The molecule has 0 aromatic heterocycles. The zero-order valence-corrected chi connectivity index (χ0v) is 11.0. The van der Waals surface area contributed by atoms with Gasteiger partial charge in [-0.25, -0.2) is 0 Å². The van der Waals surface area contributed by atoms with E-state index in [1.807, 2.05) is 0 Å². The van der Waals surface area contributed by atoms with Crippen LogP contribution in [0.5, 0.6) is 0 Å². The lowest BCUT2D eigenvalue weighted by molar-refractivity contribution is -0.138. The predicted molar refractivity (Wildman–Crippen MR) is 69.6 cm³/mol. The van der Waals surface area contributed by atoms with E-state index in [4.69, 9.17) is 5.73 Å². The van der Waals surface area contributed by atoms with Crippen molar-refractivity contribution in [2.45, 2.75) is 70.4 Å². The average molecular weight is 238 g/mol. The number of nitrogens with two attached hydrogens (primary N) is 1. The molecule has 0 radical (unpaired) electrons. The molecule has 2 aliphatic rings. The van der Waals surface area contributed by atoms with Gasteiger partial charge in [-0.2, -0.15) is 0 Å². The van der Waals surface area contributed by atoms with Gasteiger partial charge >= 0.3 is 0 Å². The van der Waals surface area contributed by atoms with E-state index in [2.05, 4.69) is 11.8 Å². The van der Waals surface area contributed by atoms with Gasteiger partial charge in [0.05, 0.1) is 0 Å². The Bertz CT molecular complexity index is 261. The summed E-state index contributed by atoms with van der Waals surface area (Å²) >= 11 is 0. The summed E-state index contributed by atoms with van der Waals surface area (Å²) in [6.07, 6.45) is 9.27. The molecule has 1 amide bonds. The number of rotatable bonds is 3. The first-order valence-corrected chi connectivity index (χ1v) is 7.28. The van der Waals surface area contributed by atoms with Crippen molar-refractivity contribution >= 4 is 5.91 Å². The first-order chi connectivity index (χ1) is 8.22. The highest BCUT2D eigenvalue weighted by atomic mass is 16.2. The van der Waals surface area contributed by atoms with Crippen LogP contribution in [0, 0.1) is 5.92 Å². The van der Waals surface area contributed by atoms with Crippen molar-refractivity contribution < 1.29 is 4.79 Å². The Morgan fingerprint density at radius 2 is 1.88 bits per heavy atom. The first-order valence-electron chi connectivity index (χ1n) is 7.28. The van der Waals surface area contributed by atoms with Crippen molar-refractivity contribution in [3.63, 3.8) is 0 Å². The van der Waals surface area contributed by atoms with Crippen LogP contribution in [-0.2, 0) is 4.79 Å². The van der Waals surface area contributed by atoms with Gasteiger partial charge in [-0.05, 0) is 39.0 Å². The smallest absolute Gasteiger partial charge is 0.225 e. The predicted octanol–water partition coefficient (Wildman–Crippen LogP) is 2.29. The van der Waals surface area contributed by atoms with Gasteiger partial charge in [-0.1, -0.05) is 19.3 Å². The number of hydrogen-bond donors (Lipinski definition) is 1. The molecule has 2 unspecified atom stereocenters. The minimum Gasteiger partial charge on any atom is -0.340 e. The minimum absolute atomic E-state index is 0.215. The monoisotopic (exact) mass is 238 g/mol. The summed E-state index contributed by atoms with van der Waals surface area (Å²) in [5, 5.41) is 0. The third-order valence-electron chi connectivity index (χ3n) is 4.46. The number of hydrogen-bond acceptors (Lipinski definition) is 2. The molecule has 0 heterocycles. The minimum atomic E-state index is 0.215. The number of carbonyl (C=O) groups is 1. The highest BCUT2D eigenvalue weighted by Gasteiger charge is 2.33. The Morgan fingerprint density at radius 3 is 2.41 bits per heavy atom. The molecule has 2 aliphatic carbocycles. The number of carbonyl (C=O) groups excluding carboxylic acids is 1. The maximum Gasteiger partial charge on any atom is 0.225 e. The van der Waals surface area contributed by atoms with E-state index in [-0.39, 0.29) is 12.0 Å². The lowest BCUT2D eigenvalue weighted by Crippen LogP contribution is -2.44. The summed E-state index contributed by atoms with van der Waals surface area (Å²) in [7, 11) is 0. The second kappa shape index (κ2) is 5.85. The van der Waals surface area contributed by atoms with Gasteiger partial charge in [0.25, 0.3) is 0 Å². The Balaban J connectivity index is 1.94. The summed E-state index contributed by atoms with van der Waals surface area (Å²) in [6, 6.07) is 0.770. The largest absolute Gasteiger partial charge is 0.340 e. The van der Waals surface area contributed by atoms with Crippen LogP contribution in [0.1, 0.15) is 58.3 Å². The molecule has 2 fully saturated rings. The Kier molecular flexibility index (Phi) is 4.43. The SMILES string of the molecule is CCN(C(=O)C1CCC(N)C1)C1CCCCC1. The number of amides is 1. The third kappa shape index (κ3) is 3.01. The maximum atomic E-state index is 12.5. The summed E-state index contributed by atoms with van der Waals surface area (Å²) < 4.78 is 0. The van der Waals surface area contributed by atoms with E-state index >= 15 is 0 Å². The van der Waals surface area contributed by atoms with Crippen molar-refractivity contribution in [1.82, 2.24) is 4.90 Å². The van der Waals surface area contributed by atoms with Gasteiger partial charge in [0.1, 0.15) is 0 Å². The van der Waals surface area contributed by atoms with Crippen LogP contribution in [0.15, 0.2) is 0 Å². The van der Waals surface area contributed by atoms with E-state index < -0.39 is 0 Å². The molecule has 0 bridgehead atoms. The van der Waals surface area contributed by atoms with Crippen molar-refractivity contribution in [3.05, 3.63) is 0 Å². The second-order valence-corrected chi connectivity index (χ2v) is 5.69. The van der Waals surface area contributed by atoms with Crippen molar-refractivity contribution in [2.24, 2.45) is 11.7 Å². The van der Waals surface area contributed by atoms with Gasteiger partial charge in [0.2, 0.25) is 5.91 Å². The zero-order valence-electron chi connectivity index (χ0n) is 11.0. The molecule has 3 nitrogen and oxygen atoms in total. The highest BCUT2D eigenvalue weighted by Crippen LogP contribution is 2.29. The van der Waals surface area contributed by atoms with Crippen molar-refractivity contribution in [1.29, 1.82) is 0 Å².